The predicted octanol–water partition coefficient (Wildman–Crippen LogP) is 5.62. The lowest BCUT2D eigenvalue weighted by Gasteiger charge is -2.19. The molecule has 49 heavy (non-hydrogen) atoms. The highest BCUT2D eigenvalue weighted by Gasteiger charge is 2.29. The zero-order valence-electron chi connectivity index (χ0n) is 28.9. The van der Waals surface area contributed by atoms with Gasteiger partial charge in [0.05, 0.1) is 40.2 Å². The van der Waals surface area contributed by atoms with Gasteiger partial charge < -0.3 is 39.5 Å². The molecule has 0 saturated carbocycles. The van der Waals surface area contributed by atoms with Crippen LogP contribution in [0.25, 0.3) is 22.0 Å². The van der Waals surface area contributed by atoms with Gasteiger partial charge >= 0.3 is 0 Å². The van der Waals surface area contributed by atoms with Gasteiger partial charge in [0.1, 0.15) is 5.75 Å². The quantitative estimate of drug-likeness (QED) is 0.139. The third-order valence-electron chi connectivity index (χ3n) is 8.97. The highest BCUT2D eigenvalue weighted by molar-refractivity contribution is 5.84. The number of hydrogen-bond acceptors (Lipinski definition) is 8. The Morgan fingerprint density at radius 1 is 0.878 bits per heavy atom. The number of carbonyl (C=O) groups is 2. The number of nitrogens with one attached hydrogen (secondary N) is 3. The summed E-state index contributed by atoms with van der Waals surface area (Å²) in [7, 11) is 6.37. The molecule has 260 valence electrons. The Labute approximate surface area is 286 Å². The Bertz CT molecular complexity index is 1870. The first-order chi connectivity index (χ1) is 23.8. The number of hydrogen-bond donors (Lipinski definition) is 3. The van der Waals surface area contributed by atoms with Crippen molar-refractivity contribution in [3.8, 4) is 34.1 Å². The monoisotopic (exact) mass is 670 g/mol. The molecule has 0 bridgehead atoms. The van der Waals surface area contributed by atoms with Gasteiger partial charge in [-0.25, -0.2) is 0 Å². The van der Waals surface area contributed by atoms with Crippen molar-refractivity contribution in [2.45, 2.75) is 58.0 Å². The molecule has 1 aliphatic carbocycles. The fourth-order valence-corrected chi connectivity index (χ4v) is 6.57. The van der Waals surface area contributed by atoms with E-state index in [-0.39, 0.29) is 23.3 Å². The van der Waals surface area contributed by atoms with Gasteiger partial charge in [0.25, 0.3) is 0 Å². The van der Waals surface area contributed by atoms with Gasteiger partial charge in [-0.05, 0) is 84.8 Å². The molecule has 2 amide bonds. The zero-order chi connectivity index (χ0) is 34.9. The van der Waals surface area contributed by atoms with Crippen LogP contribution in [0.4, 0.5) is 5.69 Å². The summed E-state index contributed by atoms with van der Waals surface area (Å²) in [4.78, 5) is 38.2. The van der Waals surface area contributed by atoms with E-state index < -0.39 is 0 Å². The molecule has 1 aliphatic rings. The minimum Gasteiger partial charge on any atom is -0.497 e. The van der Waals surface area contributed by atoms with E-state index in [0.29, 0.717) is 67.4 Å². The molecule has 1 aromatic heterocycles. The first-order valence-electron chi connectivity index (χ1n) is 16.7. The summed E-state index contributed by atoms with van der Waals surface area (Å²) in [5.74, 6) is 2.20. The molecular weight excluding hydrogens is 624 g/mol. The van der Waals surface area contributed by atoms with Crippen molar-refractivity contribution in [2.24, 2.45) is 0 Å². The fraction of sp³-hybridized carbons (Fsp3) is 0.395. The molecule has 0 fully saturated rings. The van der Waals surface area contributed by atoms with E-state index in [1.165, 1.54) is 6.92 Å². The highest BCUT2D eigenvalue weighted by atomic mass is 16.5. The standard InChI is InChI=1S/C38H46N4O7/c1-24(43)41-30-13-10-26-22-34(47-3)37(48-4)38(49-5)36(26)28-12-14-31(33(44)23-29(28)30)39-17-8-6-7-9-35(45)40-18-20-42-19-16-25-21-27(46-2)11-15-32(25)42/h11-12,14-16,19,21-23,30H,6-10,13,17-18,20H2,1-5H3,(H,39,44)(H,40,45)(H,41,43)/t30-/m1/s1. The zero-order valence-corrected chi connectivity index (χ0v) is 28.9. The molecule has 0 saturated heterocycles. The fourth-order valence-electron chi connectivity index (χ4n) is 6.57. The third kappa shape index (κ3) is 8.10. The maximum absolute atomic E-state index is 13.5. The van der Waals surface area contributed by atoms with Crippen LogP contribution in [0.15, 0.2) is 59.5 Å². The summed E-state index contributed by atoms with van der Waals surface area (Å²) in [6.45, 7) is 3.30. The molecule has 0 aliphatic heterocycles. The van der Waals surface area contributed by atoms with Crippen molar-refractivity contribution < 1.29 is 28.5 Å². The number of amides is 2. The maximum Gasteiger partial charge on any atom is 0.220 e. The Balaban J connectivity index is 1.19. The minimum absolute atomic E-state index is 0.0307. The Morgan fingerprint density at radius 3 is 2.43 bits per heavy atom. The van der Waals surface area contributed by atoms with Crippen LogP contribution in [-0.2, 0) is 22.6 Å². The minimum atomic E-state index is -0.368. The lowest BCUT2D eigenvalue weighted by molar-refractivity contribution is -0.121. The highest BCUT2D eigenvalue weighted by Crippen LogP contribution is 2.50. The SMILES string of the molecule is COc1ccc2c(ccn2CCNC(=O)CCCCCNc2ccc3c(cc2=O)[C@H](NC(C)=O)CCc2cc(OC)c(OC)c(OC)c2-3)c1. The number of aromatic nitrogens is 1. The predicted molar refractivity (Wildman–Crippen MR) is 191 cm³/mol. The molecule has 3 N–H and O–H groups in total. The van der Waals surface area contributed by atoms with Gasteiger partial charge in [-0.1, -0.05) is 12.5 Å². The van der Waals surface area contributed by atoms with Crippen LogP contribution >= 0.6 is 0 Å². The van der Waals surface area contributed by atoms with Gasteiger partial charge in [-0.3, -0.25) is 14.4 Å². The molecule has 0 spiro atoms. The number of fused-ring (bicyclic) bond motifs is 4. The second-order valence-corrected chi connectivity index (χ2v) is 12.1. The van der Waals surface area contributed by atoms with Gasteiger partial charge in [0, 0.05) is 55.6 Å². The van der Waals surface area contributed by atoms with E-state index in [2.05, 4.69) is 20.5 Å². The average molecular weight is 671 g/mol. The normalized spacial score (nSPS) is 13.4. The number of carbonyl (C=O) groups excluding carboxylic acids is 2. The van der Waals surface area contributed by atoms with Crippen molar-refractivity contribution in [2.75, 3.05) is 46.8 Å². The molecule has 1 heterocycles. The molecule has 11 nitrogen and oxygen atoms in total. The third-order valence-corrected chi connectivity index (χ3v) is 8.97. The second-order valence-electron chi connectivity index (χ2n) is 12.1. The van der Waals surface area contributed by atoms with Gasteiger partial charge in [-0.2, -0.15) is 0 Å². The molecule has 0 unspecified atom stereocenters. The molecule has 5 rings (SSSR count). The van der Waals surface area contributed by atoms with E-state index in [1.807, 2.05) is 42.6 Å². The van der Waals surface area contributed by atoms with Crippen molar-refractivity contribution in [1.82, 2.24) is 15.2 Å². The van der Waals surface area contributed by atoms with Crippen LogP contribution in [0.3, 0.4) is 0 Å². The summed E-state index contributed by atoms with van der Waals surface area (Å²) in [6.07, 6.45) is 6.08. The Hall–Kier alpha value is -5.19. The van der Waals surface area contributed by atoms with E-state index >= 15 is 0 Å². The smallest absolute Gasteiger partial charge is 0.220 e. The number of nitrogens with zero attached hydrogens (tertiary/aromatic N) is 1. The number of anilines is 1. The van der Waals surface area contributed by atoms with Crippen molar-refractivity contribution in [3.63, 3.8) is 0 Å². The van der Waals surface area contributed by atoms with E-state index in [9.17, 15) is 14.4 Å². The van der Waals surface area contributed by atoms with Crippen molar-refractivity contribution in [3.05, 3.63) is 76.1 Å². The van der Waals surface area contributed by atoms with Crippen LogP contribution in [0.5, 0.6) is 23.0 Å². The van der Waals surface area contributed by atoms with Gasteiger partial charge in [-0.15, -0.1) is 0 Å². The van der Waals surface area contributed by atoms with E-state index in [1.54, 1.807) is 40.6 Å². The van der Waals surface area contributed by atoms with Crippen LogP contribution in [0.1, 0.15) is 56.2 Å². The molecular formula is C38H46N4O7. The lowest BCUT2D eigenvalue weighted by Crippen LogP contribution is -2.26. The van der Waals surface area contributed by atoms with Crippen molar-refractivity contribution in [1.29, 1.82) is 0 Å². The largest absolute Gasteiger partial charge is 0.497 e. The van der Waals surface area contributed by atoms with E-state index in [4.69, 9.17) is 18.9 Å². The number of benzene rings is 2. The maximum atomic E-state index is 13.5. The average Bonchev–Trinajstić information content (AvgIpc) is 3.35. The lowest BCUT2D eigenvalue weighted by atomic mass is 9.95. The number of aryl methyl sites for hydroxylation is 1. The summed E-state index contributed by atoms with van der Waals surface area (Å²) in [6, 6.07) is 14.9. The number of unbranched alkanes of at least 4 members (excludes halogenated alkanes) is 2. The first-order valence-corrected chi connectivity index (χ1v) is 16.7. The first kappa shape index (κ1) is 35.1. The Kier molecular flexibility index (Phi) is 11.7. The molecule has 3 aromatic carbocycles. The molecule has 4 aromatic rings. The van der Waals surface area contributed by atoms with Crippen molar-refractivity contribution >= 4 is 28.4 Å². The van der Waals surface area contributed by atoms with Gasteiger partial charge in [0.15, 0.2) is 11.5 Å². The molecule has 1 atom stereocenters. The summed E-state index contributed by atoms with van der Waals surface area (Å²) in [5, 5.41) is 10.4. The van der Waals surface area contributed by atoms with Gasteiger partial charge in [0.2, 0.25) is 23.0 Å². The summed E-state index contributed by atoms with van der Waals surface area (Å²) >= 11 is 0. The van der Waals surface area contributed by atoms with Crippen LogP contribution in [-0.4, -0.2) is 57.9 Å². The molecule has 11 heteroatoms. The number of rotatable bonds is 15. The van der Waals surface area contributed by atoms with E-state index in [0.717, 1.165) is 52.6 Å². The molecule has 0 radical (unpaired) electrons. The van der Waals surface area contributed by atoms with Crippen LogP contribution < -0.4 is 40.3 Å². The topological polar surface area (TPSA) is 129 Å². The number of methoxy groups -OCH3 is 4. The van der Waals surface area contributed by atoms with Crippen LogP contribution in [0.2, 0.25) is 0 Å². The Morgan fingerprint density at radius 2 is 1.69 bits per heavy atom. The second kappa shape index (κ2) is 16.3. The summed E-state index contributed by atoms with van der Waals surface area (Å²) < 4.78 is 24.5. The summed E-state index contributed by atoms with van der Waals surface area (Å²) in [5.41, 5.74) is 4.67. The number of ether oxygens (including phenoxy) is 4. The van der Waals surface area contributed by atoms with Crippen LogP contribution in [0, 0.1) is 0 Å².